The van der Waals surface area contributed by atoms with E-state index in [4.69, 9.17) is 16.4 Å². The highest BCUT2D eigenvalue weighted by Crippen LogP contribution is 2.10. The predicted octanol–water partition coefficient (Wildman–Crippen LogP) is -1.33. The highest BCUT2D eigenvalue weighted by Gasteiger charge is 2.39. The van der Waals surface area contributed by atoms with Gasteiger partial charge in [0.25, 0.3) is 0 Å². The molecule has 1 rings (SSSR count). The van der Waals surface area contributed by atoms with Crippen LogP contribution in [0.25, 0.3) is 0 Å². The van der Waals surface area contributed by atoms with Crippen molar-refractivity contribution < 1.29 is 9.00 Å². The van der Waals surface area contributed by atoms with Crippen LogP contribution in [-0.2, 0) is 14.8 Å². The fourth-order valence-electron chi connectivity index (χ4n) is 0.529. The van der Waals surface area contributed by atoms with E-state index in [1.165, 1.54) is 0 Å². The average Bonchev–Trinajstić information content (AvgIpc) is 1.81. The van der Waals surface area contributed by atoms with E-state index in [1.807, 2.05) is 0 Å². The molecule has 0 aliphatic carbocycles. The number of amides is 1. The lowest BCUT2D eigenvalue weighted by Gasteiger charge is -2.30. The molecule has 1 amide bonds. The van der Waals surface area contributed by atoms with Crippen LogP contribution >= 0.6 is 10.7 Å². The van der Waals surface area contributed by atoms with Gasteiger partial charge in [0.1, 0.15) is 21.4 Å². The minimum Gasteiger partial charge on any atom is -0.337 e. The van der Waals surface area contributed by atoms with Gasteiger partial charge in [-0.1, -0.05) is 0 Å². The van der Waals surface area contributed by atoms with Crippen LogP contribution in [0.2, 0.25) is 0 Å². The first-order valence-electron chi connectivity index (χ1n) is 2.25. The number of rotatable bonds is 1. The first kappa shape index (κ1) is 6.98. The quantitative estimate of drug-likeness (QED) is 0.377. The zero-order valence-corrected chi connectivity index (χ0v) is 5.91. The van der Waals surface area contributed by atoms with Crippen LogP contribution in [-0.4, -0.2) is 21.5 Å². The van der Waals surface area contributed by atoms with Crippen molar-refractivity contribution in [3.8, 4) is 0 Å². The first-order chi connectivity index (χ1) is 4.13. The van der Waals surface area contributed by atoms with Gasteiger partial charge in [0.15, 0.2) is 0 Å². The van der Waals surface area contributed by atoms with Gasteiger partial charge in [-0.15, -0.1) is 0 Å². The molecule has 3 atom stereocenters. The van der Waals surface area contributed by atoms with E-state index in [-0.39, 0.29) is 5.91 Å². The summed E-state index contributed by atoms with van der Waals surface area (Å²) in [5, 5.41) is 1.74. The highest BCUT2D eigenvalue weighted by molar-refractivity contribution is 8.08. The van der Waals surface area contributed by atoms with E-state index in [1.54, 1.807) is 0 Å². The second-order valence-electron chi connectivity index (χ2n) is 1.70. The van der Waals surface area contributed by atoms with E-state index in [2.05, 4.69) is 5.32 Å². The third-order valence-electron chi connectivity index (χ3n) is 1.11. The molecule has 0 bridgehead atoms. The molecular formula is C3H5ClN2O2S. The molecular weight excluding hydrogens is 164 g/mol. The average molecular weight is 169 g/mol. The summed E-state index contributed by atoms with van der Waals surface area (Å²) in [4.78, 5) is 10.3. The summed E-state index contributed by atoms with van der Waals surface area (Å²) in [5.41, 5.74) is 5.18. The Bertz CT molecular complexity index is 173. The fourth-order valence-corrected chi connectivity index (χ4v) is 1.56. The van der Waals surface area contributed by atoms with Crippen LogP contribution < -0.4 is 11.1 Å². The van der Waals surface area contributed by atoms with E-state index in [9.17, 15) is 9.00 Å². The number of hydrogen-bond donors (Lipinski definition) is 2. The molecule has 0 spiro atoms. The largest absolute Gasteiger partial charge is 0.337 e. The molecule has 9 heavy (non-hydrogen) atoms. The Balaban J connectivity index is 2.51. The summed E-state index contributed by atoms with van der Waals surface area (Å²) in [7, 11) is 3.56. The van der Waals surface area contributed by atoms with Gasteiger partial charge in [-0.3, -0.25) is 4.79 Å². The number of nitrogens with two attached hydrogens (primary N) is 1. The molecule has 1 aliphatic rings. The Hall–Kier alpha value is -0.130. The van der Waals surface area contributed by atoms with Crippen molar-refractivity contribution in [2.24, 2.45) is 5.73 Å². The highest BCUT2D eigenvalue weighted by atomic mass is 35.7. The third-order valence-corrected chi connectivity index (χ3v) is 2.50. The maximum absolute atomic E-state index is 10.4. The molecule has 4 nitrogen and oxygen atoms in total. The lowest BCUT2D eigenvalue weighted by Crippen LogP contribution is -2.67. The van der Waals surface area contributed by atoms with Gasteiger partial charge in [-0.05, 0) is 10.7 Å². The van der Waals surface area contributed by atoms with Crippen LogP contribution in [0, 0.1) is 0 Å². The molecule has 0 aromatic rings. The van der Waals surface area contributed by atoms with Gasteiger partial charge in [0.05, 0.1) is 0 Å². The second-order valence-corrected chi connectivity index (χ2v) is 3.62. The molecule has 3 unspecified atom stereocenters. The minimum absolute atomic E-state index is 0.297. The standard InChI is InChI=1S/C3H5ClN2O2S/c4-9(8)3-1(5)2(7)6-3/h1,3H,5H2,(H,6,7). The second kappa shape index (κ2) is 2.24. The summed E-state index contributed by atoms with van der Waals surface area (Å²) in [5.74, 6) is -0.297. The summed E-state index contributed by atoms with van der Waals surface area (Å²) in [6.45, 7) is 0. The van der Waals surface area contributed by atoms with Gasteiger partial charge >= 0.3 is 0 Å². The number of hydrogen-bond acceptors (Lipinski definition) is 3. The molecule has 6 heteroatoms. The third kappa shape index (κ3) is 1.08. The number of β-lactam (4-membered cyclic amide) rings is 1. The molecule has 0 saturated carbocycles. The fraction of sp³-hybridized carbons (Fsp3) is 0.667. The lowest BCUT2D eigenvalue weighted by molar-refractivity contribution is -0.128. The maximum Gasteiger partial charge on any atom is 0.241 e. The SMILES string of the molecule is NC1C(=O)NC1S(=O)Cl. The molecule has 1 saturated heterocycles. The van der Waals surface area contributed by atoms with Crippen LogP contribution in [0.5, 0.6) is 0 Å². The molecule has 1 aliphatic heterocycles. The van der Waals surface area contributed by atoms with Gasteiger partial charge < -0.3 is 11.1 Å². The number of nitrogens with one attached hydrogen (secondary N) is 1. The Morgan fingerprint density at radius 3 is 2.44 bits per heavy atom. The van der Waals surface area contributed by atoms with Crippen LogP contribution in [0.15, 0.2) is 0 Å². The summed E-state index contributed by atoms with van der Waals surface area (Å²) >= 11 is 0. The Labute approximate surface area is 58.7 Å². The van der Waals surface area contributed by atoms with Crippen molar-refractivity contribution >= 4 is 26.6 Å². The maximum atomic E-state index is 10.4. The molecule has 1 fully saturated rings. The molecule has 3 N–H and O–H groups in total. The first-order valence-corrected chi connectivity index (χ1v) is 4.29. The minimum atomic E-state index is -1.56. The normalized spacial score (nSPS) is 36.9. The summed E-state index contributed by atoms with van der Waals surface area (Å²) < 4.78 is 10.4. The van der Waals surface area contributed by atoms with Crippen molar-refractivity contribution in [1.29, 1.82) is 0 Å². The van der Waals surface area contributed by atoms with E-state index in [0.29, 0.717) is 0 Å². The molecule has 0 aromatic carbocycles. The Morgan fingerprint density at radius 1 is 1.78 bits per heavy atom. The van der Waals surface area contributed by atoms with Crippen molar-refractivity contribution in [2.45, 2.75) is 11.4 Å². The monoisotopic (exact) mass is 168 g/mol. The van der Waals surface area contributed by atoms with Crippen LogP contribution in [0.1, 0.15) is 0 Å². The zero-order valence-electron chi connectivity index (χ0n) is 4.33. The topological polar surface area (TPSA) is 72.2 Å². The number of halogens is 1. The van der Waals surface area contributed by atoms with Crippen LogP contribution in [0.4, 0.5) is 0 Å². The zero-order chi connectivity index (χ0) is 7.02. The molecule has 0 aromatic heterocycles. The van der Waals surface area contributed by atoms with Crippen molar-refractivity contribution in [3.05, 3.63) is 0 Å². The Morgan fingerprint density at radius 2 is 2.33 bits per heavy atom. The summed E-state index contributed by atoms with van der Waals surface area (Å²) in [6, 6.07) is -0.691. The van der Waals surface area contributed by atoms with Gasteiger partial charge in [0, 0.05) is 0 Å². The predicted molar refractivity (Wildman–Crippen MR) is 33.9 cm³/mol. The molecule has 0 radical (unpaired) electrons. The van der Waals surface area contributed by atoms with Gasteiger partial charge in [0.2, 0.25) is 5.91 Å². The number of carbonyl (C=O) groups is 1. The van der Waals surface area contributed by atoms with E-state index in [0.717, 1.165) is 0 Å². The Kier molecular flexibility index (Phi) is 1.74. The van der Waals surface area contributed by atoms with Gasteiger partial charge in [-0.25, -0.2) is 4.21 Å². The molecule has 1 heterocycles. The number of carbonyl (C=O) groups excluding carboxylic acids is 1. The van der Waals surface area contributed by atoms with E-state index < -0.39 is 21.4 Å². The smallest absolute Gasteiger partial charge is 0.241 e. The van der Waals surface area contributed by atoms with Gasteiger partial charge in [-0.2, -0.15) is 0 Å². The van der Waals surface area contributed by atoms with Crippen molar-refractivity contribution in [3.63, 3.8) is 0 Å². The van der Waals surface area contributed by atoms with E-state index >= 15 is 0 Å². The van der Waals surface area contributed by atoms with Crippen molar-refractivity contribution in [1.82, 2.24) is 5.32 Å². The summed E-state index contributed by atoms with van der Waals surface area (Å²) in [6.07, 6.45) is 0. The lowest BCUT2D eigenvalue weighted by atomic mass is 10.2. The van der Waals surface area contributed by atoms with Crippen molar-refractivity contribution in [2.75, 3.05) is 0 Å². The van der Waals surface area contributed by atoms with Crippen LogP contribution in [0.3, 0.4) is 0 Å². The molecule has 52 valence electrons.